The van der Waals surface area contributed by atoms with Gasteiger partial charge in [0.15, 0.2) is 0 Å². The molecule has 0 aliphatic rings. The second-order valence-corrected chi connectivity index (χ2v) is 6.98. The Hall–Kier alpha value is -2.79. The van der Waals surface area contributed by atoms with Crippen LogP contribution in [0.15, 0.2) is 47.4 Å². The molecule has 0 aliphatic heterocycles. The minimum atomic E-state index is -4.53. The van der Waals surface area contributed by atoms with E-state index < -0.39 is 50.1 Å². The quantitative estimate of drug-likeness (QED) is 0.677. The summed E-state index contributed by atoms with van der Waals surface area (Å²) in [6.07, 6.45) is -3.01. The van der Waals surface area contributed by atoms with Crippen LogP contribution in [-0.4, -0.2) is 18.2 Å². The highest BCUT2D eigenvalue weighted by molar-refractivity contribution is 7.89. The molecule has 1 aromatic heterocycles. The van der Waals surface area contributed by atoms with Gasteiger partial charge in [-0.3, -0.25) is 0 Å². The van der Waals surface area contributed by atoms with Crippen molar-refractivity contribution in [2.45, 2.75) is 11.3 Å². The van der Waals surface area contributed by atoms with Crippen molar-refractivity contribution in [1.29, 1.82) is 0 Å². The summed E-state index contributed by atoms with van der Waals surface area (Å²) in [6.45, 7) is 0. The lowest BCUT2D eigenvalue weighted by Crippen LogP contribution is -2.14. The summed E-state index contributed by atoms with van der Waals surface area (Å²) in [6, 6.07) is 6.16. The Bertz CT molecular complexity index is 1110. The first-order valence-corrected chi connectivity index (χ1v) is 8.79. The molecule has 0 atom stereocenters. The lowest BCUT2D eigenvalue weighted by atomic mass is 10.1. The molecule has 0 aliphatic carbocycles. The fourth-order valence-electron chi connectivity index (χ4n) is 2.42. The van der Waals surface area contributed by atoms with Crippen molar-refractivity contribution in [3.8, 4) is 16.9 Å². The third kappa shape index (κ3) is 3.69. The third-order valence-electron chi connectivity index (χ3n) is 3.63. The van der Waals surface area contributed by atoms with Gasteiger partial charge in [-0.2, -0.15) is 5.10 Å². The maximum atomic E-state index is 14.4. The van der Waals surface area contributed by atoms with E-state index in [0.717, 1.165) is 22.9 Å². The average Bonchev–Trinajstić information content (AvgIpc) is 3.01. The molecule has 0 bridgehead atoms. The van der Waals surface area contributed by atoms with E-state index >= 15 is 0 Å². The van der Waals surface area contributed by atoms with Crippen molar-refractivity contribution in [2.24, 2.45) is 5.14 Å². The third-order valence-corrected chi connectivity index (χ3v) is 4.55. The van der Waals surface area contributed by atoms with E-state index in [-0.39, 0.29) is 11.4 Å². The van der Waals surface area contributed by atoms with E-state index in [0.29, 0.717) is 12.1 Å². The number of aromatic nitrogens is 2. The predicted octanol–water partition coefficient (Wildman–Crippen LogP) is 3.54. The van der Waals surface area contributed by atoms with Crippen LogP contribution in [0, 0.1) is 17.5 Å². The van der Waals surface area contributed by atoms with Crippen molar-refractivity contribution in [1.82, 2.24) is 9.78 Å². The molecule has 0 fully saturated rings. The minimum absolute atomic E-state index is 0.105. The van der Waals surface area contributed by atoms with Gasteiger partial charge in [0.25, 0.3) is 6.43 Å². The molecule has 3 aromatic rings. The zero-order valence-electron chi connectivity index (χ0n) is 13.2. The number of primary sulfonamides is 1. The summed E-state index contributed by atoms with van der Waals surface area (Å²) < 4.78 is 91.2. The van der Waals surface area contributed by atoms with Crippen molar-refractivity contribution in [3.63, 3.8) is 0 Å². The van der Waals surface area contributed by atoms with Crippen LogP contribution < -0.4 is 5.14 Å². The standard InChI is InChI=1S/C16H10F5N3O2S/c17-8-1-3-9(4-2-8)24-14(7-13(23-24)16(20)21)10-5-12(19)15(6-11(10)18)27(22,25)26/h1-7,16H,(H2,22,25,26). The summed E-state index contributed by atoms with van der Waals surface area (Å²) in [5.41, 5.74) is -1.43. The van der Waals surface area contributed by atoms with Gasteiger partial charge >= 0.3 is 0 Å². The van der Waals surface area contributed by atoms with E-state index in [1.54, 1.807) is 0 Å². The summed E-state index contributed by atoms with van der Waals surface area (Å²) in [5.74, 6) is -3.18. The molecular weight excluding hydrogens is 393 g/mol. The number of benzene rings is 2. The zero-order chi connectivity index (χ0) is 19.9. The molecule has 27 heavy (non-hydrogen) atoms. The minimum Gasteiger partial charge on any atom is -0.233 e. The highest BCUT2D eigenvalue weighted by atomic mass is 32.2. The lowest BCUT2D eigenvalue weighted by Gasteiger charge is -2.10. The number of nitrogens with two attached hydrogens (primary N) is 1. The fraction of sp³-hybridized carbons (Fsp3) is 0.0625. The maximum absolute atomic E-state index is 14.4. The number of alkyl halides is 2. The second kappa shape index (κ2) is 6.74. The van der Waals surface area contributed by atoms with Gasteiger partial charge < -0.3 is 0 Å². The second-order valence-electron chi connectivity index (χ2n) is 5.45. The fourth-order valence-corrected chi connectivity index (χ4v) is 3.02. The van der Waals surface area contributed by atoms with Crippen LogP contribution in [0.1, 0.15) is 12.1 Å². The number of halogens is 5. The van der Waals surface area contributed by atoms with Gasteiger partial charge in [0.2, 0.25) is 10.0 Å². The van der Waals surface area contributed by atoms with Crippen LogP contribution in [0.3, 0.4) is 0 Å². The highest BCUT2D eigenvalue weighted by Gasteiger charge is 2.24. The summed E-state index contributed by atoms with van der Waals surface area (Å²) in [7, 11) is -4.53. The molecule has 142 valence electrons. The molecule has 3 rings (SSSR count). The molecule has 0 unspecified atom stereocenters. The Balaban J connectivity index is 2.25. The van der Waals surface area contributed by atoms with Gasteiger partial charge in [0, 0.05) is 5.56 Å². The number of sulfonamides is 1. The summed E-state index contributed by atoms with van der Waals surface area (Å²) in [5, 5.41) is 8.45. The van der Waals surface area contributed by atoms with Gasteiger partial charge in [-0.15, -0.1) is 0 Å². The Labute approximate surface area is 149 Å². The molecule has 5 nitrogen and oxygen atoms in total. The number of hydrogen-bond donors (Lipinski definition) is 1. The lowest BCUT2D eigenvalue weighted by molar-refractivity contribution is 0.145. The predicted molar refractivity (Wildman–Crippen MR) is 85.2 cm³/mol. The van der Waals surface area contributed by atoms with Gasteiger partial charge in [0.05, 0.1) is 11.4 Å². The van der Waals surface area contributed by atoms with Crippen molar-refractivity contribution >= 4 is 10.0 Å². The first-order valence-electron chi connectivity index (χ1n) is 7.24. The molecular formula is C16H10F5N3O2S. The van der Waals surface area contributed by atoms with E-state index in [1.807, 2.05) is 0 Å². The van der Waals surface area contributed by atoms with Gasteiger partial charge in [0.1, 0.15) is 28.0 Å². The first-order chi connectivity index (χ1) is 12.6. The summed E-state index contributed by atoms with van der Waals surface area (Å²) >= 11 is 0. The molecule has 1 heterocycles. The van der Waals surface area contributed by atoms with Gasteiger partial charge in [-0.1, -0.05) is 0 Å². The van der Waals surface area contributed by atoms with Crippen molar-refractivity contribution in [3.05, 3.63) is 65.6 Å². The maximum Gasteiger partial charge on any atom is 0.282 e. The molecule has 2 N–H and O–H groups in total. The molecule has 11 heteroatoms. The largest absolute Gasteiger partial charge is 0.282 e. The zero-order valence-corrected chi connectivity index (χ0v) is 14.0. The molecule has 2 aromatic carbocycles. The van der Waals surface area contributed by atoms with E-state index in [1.165, 1.54) is 12.1 Å². The monoisotopic (exact) mass is 403 g/mol. The van der Waals surface area contributed by atoms with E-state index in [2.05, 4.69) is 5.10 Å². The van der Waals surface area contributed by atoms with Crippen molar-refractivity contribution < 1.29 is 30.4 Å². The van der Waals surface area contributed by atoms with Crippen LogP contribution in [-0.2, 0) is 10.0 Å². The normalized spacial score (nSPS) is 12.0. The Kier molecular flexibility index (Phi) is 4.74. The average molecular weight is 403 g/mol. The van der Waals surface area contributed by atoms with Gasteiger partial charge in [-0.25, -0.2) is 40.2 Å². The molecule has 0 spiro atoms. The van der Waals surface area contributed by atoms with Gasteiger partial charge in [-0.05, 0) is 42.5 Å². The van der Waals surface area contributed by atoms with Crippen LogP contribution in [0.2, 0.25) is 0 Å². The van der Waals surface area contributed by atoms with E-state index in [4.69, 9.17) is 5.14 Å². The summed E-state index contributed by atoms with van der Waals surface area (Å²) in [4.78, 5) is -1.08. The highest BCUT2D eigenvalue weighted by Crippen LogP contribution is 2.32. The SMILES string of the molecule is NS(=O)(=O)c1cc(F)c(-c2cc(C(F)F)nn2-c2ccc(F)cc2)cc1F. The molecule has 0 amide bonds. The van der Waals surface area contributed by atoms with Crippen LogP contribution in [0.25, 0.3) is 16.9 Å². The van der Waals surface area contributed by atoms with Crippen LogP contribution in [0.4, 0.5) is 22.0 Å². The van der Waals surface area contributed by atoms with E-state index in [9.17, 15) is 30.4 Å². The number of hydrogen-bond acceptors (Lipinski definition) is 3. The van der Waals surface area contributed by atoms with Crippen molar-refractivity contribution in [2.75, 3.05) is 0 Å². The topological polar surface area (TPSA) is 78.0 Å². The molecule has 0 saturated heterocycles. The Morgan fingerprint density at radius 1 is 0.963 bits per heavy atom. The van der Waals surface area contributed by atoms with Crippen LogP contribution in [0.5, 0.6) is 0 Å². The molecule has 0 radical (unpaired) electrons. The number of nitrogens with zero attached hydrogens (tertiary/aromatic N) is 2. The number of rotatable bonds is 4. The first kappa shape index (κ1) is 19.0. The molecule has 0 saturated carbocycles. The Morgan fingerprint density at radius 3 is 2.15 bits per heavy atom. The smallest absolute Gasteiger partial charge is 0.233 e. The Morgan fingerprint density at radius 2 is 1.59 bits per heavy atom. The van der Waals surface area contributed by atoms with Crippen LogP contribution >= 0.6 is 0 Å².